The Morgan fingerprint density at radius 1 is 1.42 bits per heavy atom. The molecular weight excluding hydrogens is 300 g/mol. The van der Waals surface area contributed by atoms with E-state index >= 15 is 0 Å². The van der Waals surface area contributed by atoms with Crippen molar-refractivity contribution in [2.45, 2.75) is 38.1 Å². The summed E-state index contributed by atoms with van der Waals surface area (Å²) < 4.78 is 7.10. The van der Waals surface area contributed by atoms with Gasteiger partial charge in [-0.05, 0) is 31.4 Å². The number of hydrogen-bond donors (Lipinski definition) is 1. The molecule has 0 saturated heterocycles. The molecule has 24 heavy (non-hydrogen) atoms. The van der Waals surface area contributed by atoms with Crippen molar-refractivity contribution in [3.05, 3.63) is 54.4 Å². The van der Waals surface area contributed by atoms with Gasteiger partial charge in [0.2, 0.25) is 0 Å². The molecule has 126 valence electrons. The maximum absolute atomic E-state index is 12.3. The Morgan fingerprint density at radius 3 is 2.79 bits per heavy atom. The molecular formula is C20H24N2O2. The van der Waals surface area contributed by atoms with Crippen LogP contribution in [0.2, 0.25) is 0 Å². The highest BCUT2D eigenvalue weighted by Crippen LogP contribution is 2.46. The van der Waals surface area contributed by atoms with Gasteiger partial charge in [0.05, 0.1) is 7.11 Å². The SMILES string of the molecule is C=C[C@@]1(CC)CCCn2c(C(=O)OC)cc(-c3ccccc3N)c21. The van der Waals surface area contributed by atoms with E-state index < -0.39 is 0 Å². The molecule has 0 bridgehead atoms. The first-order valence-corrected chi connectivity index (χ1v) is 8.38. The molecule has 0 fully saturated rings. The summed E-state index contributed by atoms with van der Waals surface area (Å²) in [4.78, 5) is 12.3. The van der Waals surface area contributed by atoms with Gasteiger partial charge in [-0.1, -0.05) is 31.2 Å². The maximum atomic E-state index is 12.3. The van der Waals surface area contributed by atoms with Crippen molar-refractivity contribution >= 4 is 11.7 Å². The fraction of sp³-hybridized carbons (Fsp3) is 0.350. The average molecular weight is 324 g/mol. The van der Waals surface area contributed by atoms with Crippen LogP contribution in [0, 0.1) is 0 Å². The lowest BCUT2D eigenvalue weighted by atomic mass is 9.73. The number of hydrogen-bond acceptors (Lipinski definition) is 3. The van der Waals surface area contributed by atoms with Crippen molar-refractivity contribution < 1.29 is 9.53 Å². The Hall–Kier alpha value is -2.49. The van der Waals surface area contributed by atoms with Gasteiger partial charge in [0.1, 0.15) is 5.69 Å². The van der Waals surface area contributed by atoms with Gasteiger partial charge in [-0.2, -0.15) is 0 Å². The number of nitrogen functional groups attached to an aromatic ring is 1. The van der Waals surface area contributed by atoms with Crippen molar-refractivity contribution in [3.63, 3.8) is 0 Å². The van der Waals surface area contributed by atoms with E-state index in [1.807, 2.05) is 36.4 Å². The summed E-state index contributed by atoms with van der Waals surface area (Å²) in [6.07, 6.45) is 5.00. The minimum absolute atomic E-state index is 0.151. The first kappa shape index (κ1) is 16.4. The largest absolute Gasteiger partial charge is 0.464 e. The van der Waals surface area contributed by atoms with Gasteiger partial charge in [0.15, 0.2) is 0 Å². The Balaban J connectivity index is 2.34. The van der Waals surface area contributed by atoms with Crippen molar-refractivity contribution in [1.82, 2.24) is 4.57 Å². The van der Waals surface area contributed by atoms with Crippen LogP contribution in [0.1, 0.15) is 42.4 Å². The summed E-state index contributed by atoms with van der Waals surface area (Å²) in [5.74, 6) is -0.312. The minimum Gasteiger partial charge on any atom is -0.464 e. The van der Waals surface area contributed by atoms with Gasteiger partial charge in [-0.25, -0.2) is 4.79 Å². The van der Waals surface area contributed by atoms with Crippen LogP contribution in [0.5, 0.6) is 0 Å². The third-order valence-electron chi connectivity index (χ3n) is 5.24. The van der Waals surface area contributed by atoms with Crippen LogP contribution < -0.4 is 5.73 Å². The highest BCUT2D eigenvalue weighted by atomic mass is 16.5. The van der Waals surface area contributed by atoms with Gasteiger partial charge in [0, 0.05) is 34.5 Å². The smallest absolute Gasteiger partial charge is 0.354 e. The van der Waals surface area contributed by atoms with E-state index in [0.717, 1.165) is 42.6 Å². The van der Waals surface area contributed by atoms with E-state index in [-0.39, 0.29) is 11.4 Å². The molecule has 0 aliphatic carbocycles. The predicted molar refractivity (Wildman–Crippen MR) is 97.0 cm³/mol. The summed E-state index contributed by atoms with van der Waals surface area (Å²) in [5, 5.41) is 0. The van der Waals surface area contributed by atoms with Crippen LogP contribution in [0.15, 0.2) is 43.0 Å². The zero-order chi connectivity index (χ0) is 17.3. The fourth-order valence-corrected chi connectivity index (χ4v) is 3.90. The van der Waals surface area contributed by atoms with E-state index in [9.17, 15) is 4.79 Å². The first-order chi connectivity index (χ1) is 11.6. The summed E-state index contributed by atoms with van der Waals surface area (Å²) in [5.41, 5.74) is 10.5. The van der Waals surface area contributed by atoms with E-state index in [1.54, 1.807) is 0 Å². The number of ether oxygens (including phenoxy) is 1. The molecule has 0 unspecified atom stereocenters. The molecule has 0 saturated carbocycles. The van der Waals surface area contributed by atoms with Crippen LogP contribution >= 0.6 is 0 Å². The Labute approximate surface area is 142 Å². The van der Waals surface area contributed by atoms with Gasteiger partial charge >= 0.3 is 5.97 Å². The second-order valence-electron chi connectivity index (χ2n) is 6.34. The molecule has 1 atom stereocenters. The van der Waals surface area contributed by atoms with Gasteiger partial charge in [-0.3, -0.25) is 0 Å². The third kappa shape index (κ3) is 2.33. The molecule has 0 spiro atoms. The third-order valence-corrected chi connectivity index (χ3v) is 5.24. The van der Waals surface area contributed by atoms with Crippen molar-refractivity contribution in [2.24, 2.45) is 0 Å². The number of fused-ring (bicyclic) bond motifs is 1. The zero-order valence-electron chi connectivity index (χ0n) is 14.3. The number of carbonyl (C=O) groups is 1. The lowest BCUT2D eigenvalue weighted by Crippen LogP contribution is -2.32. The van der Waals surface area contributed by atoms with Crippen LogP contribution in [0.25, 0.3) is 11.1 Å². The summed E-state index contributed by atoms with van der Waals surface area (Å²) >= 11 is 0. The fourth-order valence-electron chi connectivity index (χ4n) is 3.90. The number of anilines is 1. The Morgan fingerprint density at radius 2 is 2.17 bits per heavy atom. The molecule has 1 aliphatic rings. The predicted octanol–water partition coefficient (Wildman–Crippen LogP) is 4.15. The number of allylic oxidation sites excluding steroid dienone is 1. The monoisotopic (exact) mass is 324 g/mol. The van der Waals surface area contributed by atoms with E-state index in [1.165, 1.54) is 7.11 Å². The topological polar surface area (TPSA) is 57.2 Å². The maximum Gasteiger partial charge on any atom is 0.354 e. The molecule has 1 aliphatic heterocycles. The number of para-hydroxylation sites is 1. The normalized spacial score (nSPS) is 19.6. The van der Waals surface area contributed by atoms with Crippen LogP contribution in [-0.4, -0.2) is 17.6 Å². The summed E-state index contributed by atoms with van der Waals surface area (Å²) in [6, 6.07) is 9.71. The van der Waals surface area contributed by atoms with Crippen LogP contribution in [0.4, 0.5) is 5.69 Å². The molecule has 4 nitrogen and oxygen atoms in total. The molecule has 2 heterocycles. The number of methoxy groups -OCH3 is 1. The van der Waals surface area contributed by atoms with Gasteiger partial charge < -0.3 is 15.0 Å². The highest BCUT2D eigenvalue weighted by Gasteiger charge is 2.38. The molecule has 0 amide bonds. The van der Waals surface area contributed by atoms with Crippen LogP contribution in [-0.2, 0) is 16.7 Å². The second-order valence-corrected chi connectivity index (χ2v) is 6.34. The standard InChI is InChI=1S/C20H24N2O2/c1-4-20(5-2)11-8-12-22-17(19(23)24-3)13-15(18(20)22)14-9-6-7-10-16(14)21/h4,6-7,9-10,13H,1,5,8,11-12,21H2,2-3H3/t20-/m1/s1. The molecule has 3 rings (SSSR count). The lowest BCUT2D eigenvalue weighted by Gasteiger charge is -2.37. The van der Waals surface area contributed by atoms with Crippen molar-refractivity contribution in [3.8, 4) is 11.1 Å². The minimum atomic E-state index is -0.312. The van der Waals surface area contributed by atoms with Gasteiger partial charge in [0.25, 0.3) is 0 Å². The summed E-state index contributed by atoms with van der Waals surface area (Å²) in [7, 11) is 1.42. The second kappa shape index (κ2) is 6.19. The quantitative estimate of drug-likeness (QED) is 0.522. The van der Waals surface area contributed by atoms with E-state index in [4.69, 9.17) is 10.5 Å². The number of benzene rings is 1. The Kier molecular flexibility index (Phi) is 4.22. The molecule has 2 aromatic rings. The molecule has 2 N–H and O–H groups in total. The number of aromatic nitrogens is 1. The van der Waals surface area contributed by atoms with Crippen molar-refractivity contribution in [1.29, 1.82) is 0 Å². The lowest BCUT2D eigenvalue weighted by molar-refractivity contribution is 0.0586. The van der Waals surface area contributed by atoms with E-state index in [0.29, 0.717) is 11.4 Å². The zero-order valence-corrected chi connectivity index (χ0v) is 14.3. The first-order valence-electron chi connectivity index (χ1n) is 8.38. The molecule has 1 aromatic carbocycles. The number of rotatable bonds is 4. The molecule has 0 radical (unpaired) electrons. The Bertz CT molecular complexity index is 791. The van der Waals surface area contributed by atoms with Crippen molar-refractivity contribution in [2.75, 3.05) is 12.8 Å². The van der Waals surface area contributed by atoms with Gasteiger partial charge in [-0.15, -0.1) is 6.58 Å². The summed E-state index contributed by atoms with van der Waals surface area (Å²) in [6.45, 7) is 7.07. The number of nitrogens with two attached hydrogens (primary N) is 1. The molecule has 1 aromatic heterocycles. The number of esters is 1. The highest BCUT2D eigenvalue weighted by molar-refractivity contribution is 5.92. The number of carbonyl (C=O) groups excluding carboxylic acids is 1. The molecule has 4 heteroatoms. The average Bonchev–Trinajstić information content (AvgIpc) is 3.01. The van der Waals surface area contributed by atoms with Crippen LogP contribution in [0.3, 0.4) is 0 Å². The van der Waals surface area contributed by atoms with E-state index in [2.05, 4.69) is 18.1 Å². The number of nitrogens with zero attached hydrogens (tertiary/aromatic N) is 1.